The van der Waals surface area contributed by atoms with Crippen molar-refractivity contribution in [3.05, 3.63) is 65.7 Å². The monoisotopic (exact) mass is 705 g/mol. The van der Waals surface area contributed by atoms with Crippen molar-refractivity contribution in [3.8, 4) is 0 Å². The van der Waals surface area contributed by atoms with E-state index in [9.17, 15) is 27.6 Å². The Labute approximate surface area is 280 Å². The number of rotatable bonds is 16. The lowest BCUT2D eigenvalue weighted by Crippen LogP contribution is -3.00. The van der Waals surface area contributed by atoms with Crippen molar-refractivity contribution < 1.29 is 77.2 Å². The highest BCUT2D eigenvalue weighted by molar-refractivity contribution is 5.98. The molecule has 0 radical (unpaired) electrons. The summed E-state index contributed by atoms with van der Waals surface area (Å²) < 4.78 is 39.3. The first-order valence-corrected chi connectivity index (χ1v) is 13.0. The summed E-state index contributed by atoms with van der Waals surface area (Å²) in [6.45, 7) is 2.37. The van der Waals surface area contributed by atoms with E-state index in [2.05, 4.69) is 16.0 Å². The maximum Gasteiger partial charge on any atom is 0.416 e. The number of anilines is 1. The first-order valence-electron chi connectivity index (χ1n) is 13.0. The SMILES string of the molecule is NCCNCCN(CCN)C(=O)C[C@H](N)C(=O)N[C@@H](CCc1ccccc1)C(=O)Nc1cccc(C(F)(F)F)c1.[Cl-].[Cl-].[Cl-].[Cl-]. The Morgan fingerprint density at radius 3 is 2.09 bits per heavy atom. The minimum Gasteiger partial charge on any atom is -1.00 e. The lowest BCUT2D eigenvalue weighted by molar-refractivity contribution is -0.137. The molecule has 0 unspecified atom stereocenters. The number of nitrogens with zero attached hydrogens (tertiary/aromatic N) is 1. The summed E-state index contributed by atoms with van der Waals surface area (Å²) >= 11 is 0. The molecule has 10 nitrogen and oxygen atoms in total. The molecule has 44 heavy (non-hydrogen) atoms. The number of amides is 3. The van der Waals surface area contributed by atoms with Gasteiger partial charge in [-0.1, -0.05) is 36.4 Å². The molecule has 2 atom stereocenters. The highest BCUT2D eigenvalue weighted by Crippen LogP contribution is 2.30. The van der Waals surface area contributed by atoms with Gasteiger partial charge in [0.15, 0.2) is 0 Å². The second-order valence-corrected chi connectivity index (χ2v) is 9.17. The van der Waals surface area contributed by atoms with Crippen molar-refractivity contribution >= 4 is 23.4 Å². The number of alkyl halides is 3. The number of benzene rings is 2. The molecule has 0 bridgehead atoms. The zero-order valence-corrected chi connectivity index (χ0v) is 26.8. The number of hydrogen-bond acceptors (Lipinski definition) is 7. The molecule has 2 rings (SSSR count). The summed E-state index contributed by atoms with van der Waals surface area (Å²) in [5.41, 5.74) is 17.0. The van der Waals surface area contributed by atoms with E-state index < -0.39 is 35.6 Å². The Bertz CT molecular complexity index is 1110. The molecule has 252 valence electrons. The summed E-state index contributed by atoms with van der Waals surface area (Å²) in [6.07, 6.45) is -4.36. The topological polar surface area (TPSA) is 169 Å². The van der Waals surface area contributed by atoms with Gasteiger partial charge in [0.2, 0.25) is 17.7 Å². The molecule has 2 aromatic carbocycles. The maximum atomic E-state index is 13.1. The Balaban J connectivity index is -0.00000420. The van der Waals surface area contributed by atoms with Crippen LogP contribution in [0.4, 0.5) is 18.9 Å². The van der Waals surface area contributed by atoms with Crippen molar-refractivity contribution in [2.24, 2.45) is 17.2 Å². The predicted molar refractivity (Wildman–Crippen MR) is 147 cm³/mol. The number of carbonyl (C=O) groups excluding carboxylic acids is 3. The number of nitrogens with two attached hydrogens (primary N) is 3. The van der Waals surface area contributed by atoms with E-state index in [1.54, 1.807) is 0 Å². The van der Waals surface area contributed by atoms with Crippen LogP contribution in [0.5, 0.6) is 0 Å². The van der Waals surface area contributed by atoms with Gasteiger partial charge in [-0.25, -0.2) is 0 Å². The molecule has 9 N–H and O–H groups in total. The quantitative estimate of drug-likeness (QED) is 0.0943. The first kappa shape index (κ1) is 46.1. The number of hydrogen-bond donors (Lipinski definition) is 6. The molecule has 0 spiro atoms. The van der Waals surface area contributed by atoms with Crippen LogP contribution >= 0.6 is 0 Å². The van der Waals surface area contributed by atoms with E-state index in [4.69, 9.17) is 17.2 Å². The van der Waals surface area contributed by atoms with E-state index >= 15 is 0 Å². The van der Waals surface area contributed by atoms with E-state index in [-0.39, 0.29) is 87.2 Å². The van der Waals surface area contributed by atoms with Crippen LogP contribution in [0.2, 0.25) is 0 Å². The summed E-state index contributed by atoms with van der Waals surface area (Å²) in [7, 11) is 0. The van der Waals surface area contributed by atoms with E-state index in [0.717, 1.165) is 17.7 Å². The van der Waals surface area contributed by atoms with Gasteiger partial charge < -0.3 is 87.7 Å². The van der Waals surface area contributed by atoms with Crippen molar-refractivity contribution in [3.63, 3.8) is 0 Å². The van der Waals surface area contributed by atoms with Gasteiger partial charge in [0, 0.05) is 45.0 Å². The fraction of sp³-hybridized carbons (Fsp3) is 0.444. The first-order chi connectivity index (χ1) is 19.0. The summed E-state index contributed by atoms with van der Waals surface area (Å²) in [6, 6.07) is 11.0. The van der Waals surface area contributed by atoms with Crippen LogP contribution < -0.4 is 82.8 Å². The maximum absolute atomic E-state index is 13.1. The molecule has 0 aromatic heterocycles. The fourth-order valence-electron chi connectivity index (χ4n) is 3.87. The van der Waals surface area contributed by atoms with E-state index in [0.29, 0.717) is 32.6 Å². The van der Waals surface area contributed by atoms with Gasteiger partial charge in [0.25, 0.3) is 0 Å². The number of halogens is 7. The summed E-state index contributed by atoms with van der Waals surface area (Å²) in [5.74, 6) is -1.82. The van der Waals surface area contributed by atoms with E-state index in [1.807, 2.05) is 30.3 Å². The number of carbonyl (C=O) groups is 3. The van der Waals surface area contributed by atoms with Gasteiger partial charge in [-0.3, -0.25) is 14.4 Å². The average molecular weight is 707 g/mol. The minimum atomic E-state index is -4.58. The average Bonchev–Trinajstić information content (AvgIpc) is 2.92. The van der Waals surface area contributed by atoms with Crippen LogP contribution in [0, 0.1) is 0 Å². The molecule has 0 saturated heterocycles. The van der Waals surface area contributed by atoms with Crippen LogP contribution in [0.15, 0.2) is 54.6 Å². The highest BCUT2D eigenvalue weighted by Gasteiger charge is 2.31. The molecule has 0 saturated carbocycles. The molecule has 0 fully saturated rings. The molecule has 0 aliphatic heterocycles. The zero-order chi connectivity index (χ0) is 29.5. The second-order valence-electron chi connectivity index (χ2n) is 9.17. The van der Waals surface area contributed by atoms with Gasteiger partial charge in [-0.15, -0.1) is 0 Å². The molecule has 2 aromatic rings. The highest BCUT2D eigenvalue weighted by atomic mass is 35.5. The molecule has 0 aliphatic carbocycles. The van der Waals surface area contributed by atoms with Crippen LogP contribution in [0.1, 0.15) is 24.0 Å². The Morgan fingerprint density at radius 2 is 1.50 bits per heavy atom. The van der Waals surface area contributed by atoms with Crippen LogP contribution in [-0.4, -0.2) is 74.0 Å². The smallest absolute Gasteiger partial charge is 0.416 e. The molecule has 17 heteroatoms. The lowest BCUT2D eigenvalue weighted by Gasteiger charge is -2.25. The van der Waals surface area contributed by atoms with Crippen molar-refractivity contribution in [1.82, 2.24) is 15.5 Å². The standard InChI is InChI=1S/C27H38F3N7O3.4ClH/c28-27(29,30)20-7-4-8-21(17-20)35-26(40)23(10-9-19-5-2-1-3-6-19)36-25(39)22(33)18-24(38)37(15-12-32)16-14-34-13-11-31;;;;/h1-8,17,22-23,34H,9-16,18,31-33H2,(H,35,40)(H,36,39);4*1H/p-4/t22-,23-;;;;/m0..../s1. The van der Waals surface area contributed by atoms with Gasteiger partial charge in [0.1, 0.15) is 6.04 Å². The second kappa shape index (κ2) is 23.9. The van der Waals surface area contributed by atoms with Crippen LogP contribution in [0.25, 0.3) is 0 Å². The van der Waals surface area contributed by atoms with Gasteiger partial charge in [-0.2, -0.15) is 13.2 Å². The van der Waals surface area contributed by atoms with Gasteiger partial charge in [-0.05, 0) is 36.6 Å². The molecular formula is C27H38Cl4F3N7O3-4. The van der Waals surface area contributed by atoms with Crippen molar-refractivity contribution in [2.45, 2.75) is 37.5 Å². The Morgan fingerprint density at radius 1 is 0.841 bits per heavy atom. The molecular weight excluding hydrogens is 669 g/mol. The van der Waals surface area contributed by atoms with E-state index in [1.165, 1.54) is 17.0 Å². The summed E-state index contributed by atoms with van der Waals surface area (Å²) in [5, 5.41) is 8.09. The number of nitrogens with one attached hydrogen (secondary N) is 3. The van der Waals surface area contributed by atoms with Gasteiger partial charge >= 0.3 is 6.18 Å². The third-order valence-electron chi connectivity index (χ3n) is 6.02. The van der Waals surface area contributed by atoms with Crippen LogP contribution in [-0.2, 0) is 27.0 Å². The molecule has 3 amide bonds. The van der Waals surface area contributed by atoms with Crippen molar-refractivity contribution in [1.29, 1.82) is 0 Å². The third kappa shape index (κ3) is 16.6. The largest absolute Gasteiger partial charge is 1.00 e. The Kier molecular flexibility index (Phi) is 25.1. The van der Waals surface area contributed by atoms with Crippen molar-refractivity contribution in [2.75, 3.05) is 44.6 Å². The lowest BCUT2D eigenvalue weighted by atomic mass is 10.0. The molecule has 0 heterocycles. The summed E-state index contributed by atoms with van der Waals surface area (Å²) in [4.78, 5) is 40.3. The minimum absolute atomic E-state index is 0. The normalized spacial score (nSPS) is 11.7. The number of aryl methyl sites for hydroxylation is 1. The molecule has 0 aliphatic rings. The van der Waals surface area contributed by atoms with Crippen LogP contribution in [0.3, 0.4) is 0 Å². The predicted octanol–water partition coefficient (Wildman–Crippen LogP) is -11.2. The fourth-order valence-corrected chi connectivity index (χ4v) is 3.87. The van der Waals surface area contributed by atoms with Gasteiger partial charge in [0.05, 0.1) is 18.0 Å². The third-order valence-corrected chi connectivity index (χ3v) is 6.02. The zero-order valence-electron chi connectivity index (χ0n) is 23.8. The Hall–Kier alpha value is -2.36.